The van der Waals surface area contributed by atoms with Gasteiger partial charge >= 0.3 is 0 Å². The van der Waals surface area contributed by atoms with E-state index >= 15 is 0 Å². The zero-order chi connectivity index (χ0) is 17.3. The number of rotatable bonds is 5. The van der Waals surface area contributed by atoms with E-state index in [-0.39, 0.29) is 5.92 Å². The van der Waals surface area contributed by atoms with Crippen molar-refractivity contribution in [1.82, 2.24) is 19.4 Å². The smallest absolute Gasteiger partial charge is 0.252 e. The SMILES string of the molecule is CC(C)c1nnc(CN2CCN(S(=O)(=O)c3ccc(Cl)s3)CC2)o1. The number of piperazine rings is 1. The Kier molecular flexibility index (Phi) is 5.26. The third-order valence-corrected chi connectivity index (χ3v) is 7.41. The fraction of sp³-hybridized carbons (Fsp3) is 0.571. The Bertz CT molecular complexity index is 795. The fourth-order valence-corrected chi connectivity index (χ4v) is 5.51. The van der Waals surface area contributed by atoms with Crippen LogP contribution in [0, 0.1) is 0 Å². The summed E-state index contributed by atoms with van der Waals surface area (Å²) in [5.74, 6) is 1.40. The molecule has 132 valence electrons. The zero-order valence-corrected chi connectivity index (χ0v) is 15.9. The first kappa shape index (κ1) is 17.8. The molecule has 3 heterocycles. The first-order valence-electron chi connectivity index (χ1n) is 7.66. The van der Waals surface area contributed by atoms with Crippen LogP contribution in [0.3, 0.4) is 0 Å². The average Bonchev–Trinajstić information content (AvgIpc) is 3.17. The first-order valence-corrected chi connectivity index (χ1v) is 10.3. The molecule has 1 fully saturated rings. The molecular formula is C14H19ClN4O3S2. The molecule has 7 nitrogen and oxygen atoms in total. The molecule has 10 heteroatoms. The van der Waals surface area contributed by atoms with Gasteiger partial charge in [0.15, 0.2) is 0 Å². The van der Waals surface area contributed by atoms with Crippen LogP contribution >= 0.6 is 22.9 Å². The predicted octanol–water partition coefficient (Wildman–Crippen LogP) is 2.41. The minimum atomic E-state index is -3.46. The summed E-state index contributed by atoms with van der Waals surface area (Å²) in [6, 6.07) is 3.16. The van der Waals surface area contributed by atoms with Gasteiger partial charge in [0.05, 0.1) is 10.9 Å². The third-order valence-electron chi connectivity index (χ3n) is 3.81. The van der Waals surface area contributed by atoms with Crippen molar-refractivity contribution in [3.63, 3.8) is 0 Å². The molecule has 1 aliphatic heterocycles. The van der Waals surface area contributed by atoms with E-state index in [0.29, 0.717) is 53.1 Å². The fourth-order valence-electron chi connectivity index (χ4n) is 2.45. The van der Waals surface area contributed by atoms with E-state index in [4.69, 9.17) is 16.0 Å². The van der Waals surface area contributed by atoms with Gasteiger partial charge in [-0.2, -0.15) is 4.31 Å². The van der Waals surface area contributed by atoms with Gasteiger partial charge in [0.25, 0.3) is 10.0 Å². The average molecular weight is 391 g/mol. The number of hydrogen-bond acceptors (Lipinski definition) is 7. The second kappa shape index (κ2) is 7.09. The molecule has 1 aliphatic rings. The van der Waals surface area contributed by atoms with E-state index in [1.165, 1.54) is 4.31 Å². The van der Waals surface area contributed by atoms with Crippen molar-refractivity contribution in [2.75, 3.05) is 26.2 Å². The Morgan fingerprint density at radius 2 is 1.96 bits per heavy atom. The van der Waals surface area contributed by atoms with Gasteiger partial charge in [0.2, 0.25) is 11.8 Å². The number of hydrogen-bond donors (Lipinski definition) is 0. The van der Waals surface area contributed by atoms with E-state index in [9.17, 15) is 8.42 Å². The molecule has 24 heavy (non-hydrogen) atoms. The summed E-state index contributed by atoms with van der Waals surface area (Å²) in [7, 11) is -3.46. The zero-order valence-electron chi connectivity index (χ0n) is 13.5. The maximum absolute atomic E-state index is 12.6. The van der Waals surface area contributed by atoms with E-state index in [0.717, 1.165) is 11.3 Å². The minimum absolute atomic E-state index is 0.200. The second-order valence-electron chi connectivity index (χ2n) is 5.93. The summed E-state index contributed by atoms with van der Waals surface area (Å²) >= 11 is 6.93. The molecule has 0 amide bonds. The molecule has 0 saturated carbocycles. The molecule has 0 spiro atoms. The number of halogens is 1. The molecule has 3 rings (SSSR count). The summed E-state index contributed by atoms with van der Waals surface area (Å²) in [6.07, 6.45) is 0. The Hall–Kier alpha value is -1.00. The van der Waals surface area contributed by atoms with Crippen molar-refractivity contribution in [3.8, 4) is 0 Å². The Morgan fingerprint density at radius 1 is 1.25 bits per heavy atom. The maximum atomic E-state index is 12.6. The van der Waals surface area contributed by atoms with Gasteiger partial charge in [0, 0.05) is 32.1 Å². The Labute approximate surface area is 150 Å². The highest BCUT2D eigenvalue weighted by atomic mass is 35.5. The molecule has 0 N–H and O–H groups in total. The molecule has 1 saturated heterocycles. The van der Waals surface area contributed by atoms with Crippen molar-refractivity contribution in [2.24, 2.45) is 0 Å². The number of aromatic nitrogens is 2. The Balaban J connectivity index is 1.59. The van der Waals surface area contributed by atoms with Crippen LogP contribution in [0.4, 0.5) is 0 Å². The topological polar surface area (TPSA) is 79.5 Å². The van der Waals surface area contributed by atoms with Crippen LogP contribution in [-0.2, 0) is 16.6 Å². The van der Waals surface area contributed by atoms with Crippen molar-refractivity contribution < 1.29 is 12.8 Å². The van der Waals surface area contributed by atoms with Gasteiger partial charge in [-0.3, -0.25) is 4.90 Å². The summed E-state index contributed by atoms with van der Waals surface area (Å²) in [4.78, 5) is 2.12. The number of nitrogens with zero attached hydrogens (tertiary/aromatic N) is 4. The lowest BCUT2D eigenvalue weighted by Crippen LogP contribution is -2.48. The van der Waals surface area contributed by atoms with Gasteiger partial charge in [-0.25, -0.2) is 8.42 Å². The van der Waals surface area contributed by atoms with Gasteiger partial charge in [-0.05, 0) is 12.1 Å². The summed E-state index contributed by atoms with van der Waals surface area (Å²) in [5, 5.41) is 8.06. The van der Waals surface area contributed by atoms with Crippen LogP contribution in [-0.4, -0.2) is 54.0 Å². The molecule has 0 bridgehead atoms. The van der Waals surface area contributed by atoms with Gasteiger partial charge in [0.1, 0.15) is 4.21 Å². The molecule has 0 radical (unpaired) electrons. The molecule has 0 unspecified atom stereocenters. The van der Waals surface area contributed by atoms with Crippen LogP contribution < -0.4 is 0 Å². The minimum Gasteiger partial charge on any atom is -0.424 e. The van der Waals surface area contributed by atoms with Crippen LogP contribution in [0.5, 0.6) is 0 Å². The van der Waals surface area contributed by atoms with Crippen molar-refractivity contribution in [2.45, 2.75) is 30.5 Å². The second-order valence-corrected chi connectivity index (χ2v) is 9.81. The molecule has 2 aromatic heterocycles. The predicted molar refractivity (Wildman–Crippen MR) is 91.8 cm³/mol. The first-order chi connectivity index (χ1) is 11.4. The lowest BCUT2D eigenvalue weighted by Gasteiger charge is -2.32. The number of thiophene rings is 1. The van der Waals surface area contributed by atoms with Crippen molar-refractivity contribution >= 4 is 33.0 Å². The summed E-state index contributed by atoms with van der Waals surface area (Å²) in [5.41, 5.74) is 0. The van der Waals surface area contributed by atoms with E-state index in [1.54, 1.807) is 12.1 Å². The van der Waals surface area contributed by atoms with Crippen molar-refractivity contribution in [3.05, 3.63) is 28.3 Å². The Morgan fingerprint density at radius 3 is 2.50 bits per heavy atom. The monoisotopic (exact) mass is 390 g/mol. The summed E-state index contributed by atoms with van der Waals surface area (Å²) < 4.78 is 33.0. The molecule has 0 atom stereocenters. The van der Waals surface area contributed by atoms with Gasteiger partial charge < -0.3 is 4.42 Å². The van der Waals surface area contributed by atoms with Crippen LogP contribution in [0.25, 0.3) is 0 Å². The molecule has 2 aromatic rings. The van der Waals surface area contributed by atoms with E-state index in [2.05, 4.69) is 15.1 Å². The van der Waals surface area contributed by atoms with E-state index in [1.807, 2.05) is 13.8 Å². The number of sulfonamides is 1. The molecular weight excluding hydrogens is 372 g/mol. The highest BCUT2D eigenvalue weighted by molar-refractivity contribution is 7.91. The highest BCUT2D eigenvalue weighted by Crippen LogP contribution is 2.28. The molecule has 0 aromatic carbocycles. The standard InChI is InChI=1S/C14H19ClN4O3S2/c1-10(2)14-17-16-12(22-14)9-18-5-7-19(8-6-18)24(20,21)13-4-3-11(15)23-13/h3-4,10H,5-9H2,1-2H3. The third kappa shape index (κ3) is 3.80. The van der Waals surface area contributed by atoms with Crippen LogP contribution in [0.1, 0.15) is 31.5 Å². The quantitative estimate of drug-likeness (QED) is 0.780. The van der Waals surface area contributed by atoms with Crippen LogP contribution in [0.15, 0.2) is 20.8 Å². The largest absolute Gasteiger partial charge is 0.424 e. The maximum Gasteiger partial charge on any atom is 0.252 e. The molecule has 0 aliphatic carbocycles. The highest BCUT2D eigenvalue weighted by Gasteiger charge is 2.30. The van der Waals surface area contributed by atoms with Crippen molar-refractivity contribution in [1.29, 1.82) is 0 Å². The van der Waals surface area contributed by atoms with Gasteiger partial charge in [-0.1, -0.05) is 25.4 Å². The van der Waals surface area contributed by atoms with Crippen LogP contribution in [0.2, 0.25) is 4.34 Å². The lowest BCUT2D eigenvalue weighted by molar-refractivity contribution is 0.167. The normalized spacial score (nSPS) is 17.7. The summed E-state index contributed by atoms with van der Waals surface area (Å²) in [6.45, 7) is 6.65. The lowest BCUT2D eigenvalue weighted by atomic mass is 10.2. The van der Waals surface area contributed by atoms with E-state index < -0.39 is 10.0 Å². The van der Waals surface area contributed by atoms with Gasteiger partial charge in [-0.15, -0.1) is 21.5 Å².